The van der Waals surface area contributed by atoms with Crippen molar-refractivity contribution in [3.05, 3.63) is 22.5 Å². The van der Waals surface area contributed by atoms with E-state index >= 15 is 0 Å². The van der Waals surface area contributed by atoms with Crippen LogP contribution in [0.2, 0.25) is 0 Å². The maximum Gasteiger partial charge on any atom is 0.340 e. The van der Waals surface area contributed by atoms with Crippen molar-refractivity contribution in [2.45, 2.75) is 58.5 Å². The zero-order valence-electron chi connectivity index (χ0n) is 16.7. The second-order valence-corrected chi connectivity index (χ2v) is 6.99. The number of nitrogens with one attached hydrogen (secondary N) is 2. The molecule has 1 aromatic rings. The molecule has 7 nitrogen and oxygen atoms in total. The fourth-order valence-electron chi connectivity index (χ4n) is 3.42. The van der Waals surface area contributed by atoms with Crippen LogP contribution in [-0.2, 0) is 14.2 Å². The Bertz CT molecular complexity index is 620. The highest BCUT2D eigenvalue weighted by molar-refractivity contribution is 6.00. The van der Waals surface area contributed by atoms with Gasteiger partial charge in [0.1, 0.15) is 12.3 Å². The normalized spacial score (nSPS) is 14.9. The standard InChI is InChI=1S/C20H32N2O5/c1-14-17(20(24)27-13-12-25-3)15(2)22-18(14)19(23)21-10-7-11-26-16-8-5-4-6-9-16/h16,22H,4-13H2,1-3H3,(H,21,23). The molecule has 1 saturated carbocycles. The fraction of sp³-hybridized carbons (Fsp3) is 0.700. The largest absolute Gasteiger partial charge is 0.460 e. The molecule has 2 N–H and O–H groups in total. The Hall–Kier alpha value is -1.86. The molecule has 0 spiro atoms. The number of amides is 1. The molecule has 152 valence electrons. The Kier molecular flexibility index (Phi) is 8.81. The van der Waals surface area contributed by atoms with Crippen LogP contribution in [0.5, 0.6) is 0 Å². The Labute approximate surface area is 161 Å². The third-order valence-corrected chi connectivity index (χ3v) is 4.90. The van der Waals surface area contributed by atoms with E-state index in [0.29, 0.717) is 48.4 Å². The molecule has 1 amide bonds. The van der Waals surface area contributed by atoms with Gasteiger partial charge in [0.2, 0.25) is 0 Å². The van der Waals surface area contributed by atoms with Crippen LogP contribution >= 0.6 is 0 Å². The second-order valence-electron chi connectivity index (χ2n) is 6.99. The third-order valence-electron chi connectivity index (χ3n) is 4.90. The first kappa shape index (κ1) is 21.4. The zero-order valence-corrected chi connectivity index (χ0v) is 16.7. The highest BCUT2D eigenvalue weighted by Gasteiger charge is 2.22. The number of hydrogen-bond donors (Lipinski definition) is 2. The molecule has 0 aromatic carbocycles. The van der Waals surface area contributed by atoms with E-state index in [0.717, 1.165) is 19.3 Å². The maximum atomic E-state index is 12.4. The van der Waals surface area contributed by atoms with E-state index in [2.05, 4.69) is 10.3 Å². The number of rotatable bonds is 10. The molecule has 1 aliphatic rings. The first-order valence-corrected chi connectivity index (χ1v) is 9.79. The predicted molar refractivity (Wildman–Crippen MR) is 102 cm³/mol. The third kappa shape index (κ3) is 6.36. The van der Waals surface area contributed by atoms with Crippen molar-refractivity contribution >= 4 is 11.9 Å². The van der Waals surface area contributed by atoms with Crippen molar-refractivity contribution in [3.63, 3.8) is 0 Å². The molecule has 1 heterocycles. The molecule has 0 saturated heterocycles. The Morgan fingerprint density at radius 3 is 2.56 bits per heavy atom. The summed E-state index contributed by atoms with van der Waals surface area (Å²) in [6, 6.07) is 0. The lowest BCUT2D eigenvalue weighted by atomic mass is 9.98. The average molecular weight is 380 g/mol. The summed E-state index contributed by atoms with van der Waals surface area (Å²) >= 11 is 0. The van der Waals surface area contributed by atoms with E-state index in [4.69, 9.17) is 14.2 Å². The molecule has 0 atom stereocenters. The summed E-state index contributed by atoms with van der Waals surface area (Å²) in [6.45, 7) is 5.22. The molecule has 1 aliphatic carbocycles. The van der Waals surface area contributed by atoms with E-state index < -0.39 is 5.97 Å². The van der Waals surface area contributed by atoms with Crippen molar-refractivity contribution in [2.24, 2.45) is 0 Å². The van der Waals surface area contributed by atoms with Gasteiger partial charge in [0.05, 0.1) is 18.3 Å². The number of esters is 1. The number of aromatic amines is 1. The summed E-state index contributed by atoms with van der Waals surface area (Å²) in [5.74, 6) is -0.664. The summed E-state index contributed by atoms with van der Waals surface area (Å²) in [6.07, 6.45) is 7.27. The van der Waals surface area contributed by atoms with Gasteiger partial charge >= 0.3 is 5.97 Å². The number of carbonyl (C=O) groups is 2. The lowest BCUT2D eigenvalue weighted by Gasteiger charge is -2.21. The minimum atomic E-state index is -0.446. The predicted octanol–water partition coefficient (Wildman–Crippen LogP) is 2.90. The number of hydrogen-bond acceptors (Lipinski definition) is 5. The van der Waals surface area contributed by atoms with Gasteiger partial charge < -0.3 is 24.5 Å². The summed E-state index contributed by atoms with van der Waals surface area (Å²) in [5, 5.41) is 2.89. The molecular weight excluding hydrogens is 348 g/mol. The Morgan fingerprint density at radius 2 is 1.85 bits per heavy atom. The molecule has 0 unspecified atom stereocenters. The lowest BCUT2D eigenvalue weighted by Crippen LogP contribution is -2.27. The Balaban J connectivity index is 1.78. The van der Waals surface area contributed by atoms with Gasteiger partial charge in [0.25, 0.3) is 5.91 Å². The molecule has 0 radical (unpaired) electrons. The minimum absolute atomic E-state index is 0.182. The summed E-state index contributed by atoms with van der Waals surface area (Å²) in [5.41, 5.74) is 2.04. The highest BCUT2D eigenvalue weighted by atomic mass is 16.6. The second kappa shape index (κ2) is 11.1. The van der Waals surface area contributed by atoms with Crippen LogP contribution in [0.1, 0.15) is 70.6 Å². The first-order valence-electron chi connectivity index (χ1n) is 9.79. The van der Waals surface area contributed by atoms with Gasteiger partial charge in [-0.05, 0) is 38.7 Å². The summed E-state index contributed by atoms with van der Waals surface area (Å²) < 4.78 is 15.9. The van der Waals surface area contributed by atoms with Crippen molar-refractivity contribution in [1.29, 1.82) is 0 Å². The minimum Gasteiger partial charge on any atom is -0.460 e. The van der Waals surface area contributed by atoms with Crippen LogP contribution in [-0.4, -0.2) is 56.4 Å². The lowest BCUT2D eigenvalue weighted by molar-refractivity contribution is 0.0273. The van der Waals surface area contributed by atoms with Crippen molar-refractivity contribution < 1.29 is 23.8 Å². The molecule has 27 heavy (non-hydrogen) atoms. The zero-order chi connectivity index (χ0) is 19.6. The van der Waals surface area contributed by atoms with Crippen LogP contribution in [0, 0.1) is 13.8 Å². The van der Waals surface area contributed by atoms with Crippen LogP contribution in [0.15, 0.2) is 0 Å². The number of methoxy groups -OCH3 is 1. The first-order chi connectivity index (χ1) is 13.0. The monoisotopic (exact) mass is 380 g/mol. The molecule has 0 bridgehead atoms. The molecule has 1 aromatic heterocycles. The quantitative estimate of drug-likeness (QED) is 0.481. The molecule has 2 rings (SSSR count). The number of aryl methyl sites for hydroxylation is 1. The van der Waals surface area contributed by atoms with Gasteiger partial charge in [0.15, 0.2) is 0 Å². The summed E-state index contributed by atoms with van der Waals surface area (Å²) in [7, 11) is 1.54. The van der Waals surface area contributed by atoms with E-state index in [1.54, 1.807) is 21.0 Å². The Morgan fingerprint density at radius 1 is 1.11 bits per heavy atom. The van der Waals surface area contributed by atoms with E-state index in [1.807, 2.05) is 0 Å². The molecule has 7 heteroatoms. The van der Waals surface area contributed by atoms with E-state index in [-0.39, 0.29) is 12.5 Å². The fourth-order valence-corrected chi connectivity index (χ4v) is 3.42. The number of carbonyl (C=O) groups excluding carboxylic acids is 2. The topological polar surface area (TPSA) is 89.7 Å². The average Bonchev–Trinajstić information content (AvgIpc) is 2.96. The van der Waals surface area contributed by atoms with E-state index in [9.17, 15) is 9.59 Å². The van der Waals surface area contributed by atoms with Gasteiger partial charge in [-0.3, -0.25) is 4.79 Å². The molecule has 0 aliphatic heterocycles. The van der Waals surface area contributed by atoms with E-state index in [1.165, 1.54) is 19.3 Å². The number of aromatic nitrogens is 1. The molecule has 1 fully saturated rings. The van der Waals surface area contributed by atoms with Crippen LogP contribution in [0.3, 0.4) is 0 Å². The number of ether oxygens (including phenoxy) is 3. The van der Waals surface area contributed by atoms with Gasteiger partial charge in [-0.1, -0.05) is 19.3 Å². The smallest absolute Gasteiger partial charge is 0.340 e. The SMILES string of the molecule is COCCOC(=O)c1c(C)[nH]c(C(=O)NCCCOC2CCCCC2)c1C. The highest BCUT2D eigenvalue weighted by Crippen LogP contribution is 2.20. The van der Waals surface area contributed by atoms with Gasteiger partial charge in [0, 0.05) is 26.0 Å². The van der Waals surface area contributed by atoms with Gasteiger partial charge in [-0.2, -0.15) is 0 Å². The van der Waals surface area contributed by atoms with Crippen LogP contribution in [0.25, 0.3) is 0 Å². The molecular formula is C20H32N2O5. The van der Waals surface area contributed by atoms with Crippen molar-refractivity contribution in [2.75, 3.05) is 33.5 Å². The maximum absolute atomic E-state index is 12.4. The van der Waals surface area contributed by atoms with Crippen LogP contribution < -0.4 is 5.32 Å². The van der Waals surface area contributed by atoms with Gasteiger partial charge in [-0.15, -0.1) is 0 Å². The van der Waals surface area contributed by atoms with Crippen LogP contribution in [0.4, 0.5) is 0 Å². The van der Waals surface area contributed by atoms with Crippen molar-refractivity contribution in [1.82, 2.24) is 10.3 Å². The van der Waals surface area contributed by atoms with Crippen molar-refractivity contribution in [3.8, 4) is 0 Å². The summed E-state index contributed by atoms with van der Waals surface area (Å²) in [4.78, 5) is 27.6. The number of H-pyrrole nitrogens is 1. The van der Waals surface area contributed by atoms with Gasteiger partial charge in [-0.25, -0.2) is 4.79 Å².